The second-order valence-corrected chi connectivity index (χ2v) is 8.10. The molecule has 0 bridgehead atoms. The Labute approximate surface area is 180 Å². The van der Waals surface area contributed by atoms with E-state index in [4.69, 9.17) is 22.2 Å². The highest BCUT2D eigenvalue weighted by atomic mass is 35.5. The molecule has 1 aliphatic carbocycles. The number of hydrogen-bond donors (Lipinski definition) is 2. The number of amides is 3. The number of imide groups is 1. The SMILES string of the molecule is CO[n+]1cc(-c2ccc(NCC3CC3)c(N)c2Cl)ccc1CN1CC(=O)N(C)C1=O. The van der Waals surface area contributed by atoms with E-state index in [1.165, 1.54) is 31.9 Å². The Morgan fingerprint density at radius 2 is 2.03 bits per heavy atom. The summed E-state index contributed by atoms with van der Waals surface area (Å²) in [7, 11) is 3.02. The topological polar surface area (TPSA) is 91.8 Å². The number of nitrogens with one attached hydrogen (secondary N) is 1. The third-order valence-electron chi connectivity index (χ3n) is 5.57. The summed E-state index contributed by atoms with van der Waals surface area (Å²) >= 11 is 6.58. The van der Waals surface area contributed by atoms with Gasteiger partial charge >= 0.3 is 6.03 Å². The van der Waals surface area contributed by atoms with E-state index in [-0.39, 0.29) is 25.0 Å². The van der Waals surface area contributed by atoms with Crippen LogP contribution >= 0.6 is 11.6 Å². The molecule has 0 radical (unpaired) electrons. The monoisotopic (exact) mass is 430 g/mol. The highest BCUT2D eigenvalue weighted by molar-refractivity contribution is 6.36. The number of nitrogens with two attached hydrogens (primary N) is 1. The van der Waals surface area contributed by atoms with Crippen molar-refractivity contribution in [3.05, 3.63) is 41.2 Å². The fraction of sp³-hybridized carbons (Fsp3) is 0.381. The van der Waals surface area contributed by atoms with Crippen molar-refractivity contribution < 1.29 is 19.2 Å². The van der Waals surface area contributed by atoms with Gasteiger partial charge in [-0.25, -0.2) is 4.79 Å². The summed E-state index contributed by atoms with van der Waals surface area (Å²) in [5.74, 6) is 0.506. The van der Waals surface area contributed by atoms with E-state index in [0.29, 0.717) is 10.7 Å². The number of pyridine rings is 1. The third kappa shape index (κ3) is 3.87. The number of urea groups is 1. The Morgan fingerprint density at radius 3 is 2.67 bits per heavy atom. The second kappa shape index (κ2) is 8.02. The summed E-state index contributed by atoms with van der Waals surface area (Å²) in [5.41, 5.74) is 9.97. The van der Waals surface area contributed by atoms with Gasteiger partial charge in [-0.05, 0) is 30.9 Å². The van der Waals surface area contributed by atoms with Gasteiger partial charge in [0.1, 0.15) is 20.2 Å². The molecule has 3 amide bonds. The van der Waals surface area contributed by atoms with Crippen molar-refractivity contribution in [3.63, 3.8) is 0 Å². The number of nitrogens with zero attached hydrogens (tertiary/aromatic N) is 3. The minimum Gasteiger partial charge on any atom is -0.396 e. The smallest absolute Gasteiger partial charge is 0.327 e. The van der Waals surface area contributed by atoms with Crippen LogP contribution in [-0.2, 0) is 11.3 Å². The largest absolute Gasteiger partial charge is 0.396 e. The van der Waals surface area contributed by atoms with Crippen LogP contribution in [0.25, 0.3) is 11.1 Å². The van der Waals surface area contributed by atoms with Crippen molar-refractivity contribution in [2.75, 3.05) is 38.3 Å². The van der Waals surface area contributed by atoms with Gasteiger partial charge in [-0.2, -0.15) is 0 Å². The van der Waals surface area contributed by atoms with Gasteiger partial charge in [0.25, 0.3) is 5.69 Å². The van der Waals surface area contributed by atoms with Crippen molar-refractivity contribution in [3.8, 4) is 11.1 Å². The molecule has 8 nitrogen and oxygen atoms in total. The molecule has 1 saturated carbocycles. The van der Waals surface area contributed by atoms with Gasteiger partial charge in [0.15, 0.2) is 0 Å². The molecule has 1 aromatic carbocycles. The first-order valence-corrected chi connectivity index (χ1v) is 10.2. The summed E-state index contributed by atoms with van der Waals surface area (Å²) in [4.78, 5) is 32.0. The van der Waals surface area contributed by atoms with Gasteiger partial charge in [0, 0.05) is 30.0 Å². The van der Waals surface area contributed by atoms with E-state index in [1.807, 2.05) is 24.3 Å². The zero-order chi connectivity index (χ0) is 21.4. The number of carbonyl (C=O) groups excluding carboxylic acids is 2. The molecule has 2 aliphatic rings. The molecule has 0 spiro atoms. The quantitative estimate of drug-likeness (QED) is 0.399. The number of nitrogen functional groups attached to an aromatic ring is 1. The molecule has 1 aromatic heterocycles. The number of hydrogen-bond acceptors (Lipinski definition) is 5. The molecule has 1 aliphatic heterocycles. The number of benzene rings is 1. The Bertz CT molecular complexity index is 1010. The average Bonchev–Trinajstić information content (AvgIpc) is 3.54. The summed E-state index contributed by atoms with van der Waals surface area (Å²) in [6.07, 6.45) is 4.31. The van der Waals surface area contributed by atoms with E-state index < -0.39 is 0 Å². The highest BCUT2D eigenvalue weighted by Gasteiger charge is 2.35. The predicted octanol–water partition coefficient (Wildman–Crippen LogP) is 2.15. The number of rotatable bonds is 7. The van der Waals surface area contributed by atoms with Gasteiger partial charge in [-0.1, -0.05) is 17.7 Å². The van der Waals surface area contributed by atoms with Gasteiger partial charge in [0.2, 0.25) is 12.1 Å². The fourth-order valence-corrected chi connectivity index (χ4v) is 3.76. The average molecular weight is 431 g/mol. The van der Waals surface area contributed by atoms with Crippen LogP contribution in [-0.4, -0.2) is 49.0 Å². The zero-order valence-electron chi connectivity index (χ0n) is 17.0. The first-order chi connectivity index (χ1) is 14.4. The van der Waals surface area contributed by atoms with Crippen LogP contribution in [0.3, 0.4) is 0 Å². The van der Waals surface area contributed by atoms with Gasteiger partial charge in [-0.3, -0.25) is 14.5 Å². The Kier molecular flexibility index (Phi) is 5.42. The van der Waals surface area contributed by atoms with Gasteiger partial charge in [0.05, 0.1) is 22.0 Å². The lowest BCUT2D eigenvalue weighted by Crippen LogP contribution is -2.46. The number of halogens is 1. The molecule has 158 valence electrons. The first kappa shape index (κ1) is 20.3. The Hall–Kier alpha value is -3.00. The molecular formula is C21H25ClN5O3+. The lowest BCUT2D eigenvalue weighted by molar-refractivity contribution is -0.890. The van der Waals surface area contributed by atoms with Crippen LogP contribution in [0.1, 0.15) is 18.5 Å². The molecule has 2 aromatic rings. The Balaban J connectivity index is 1.57. The van der Waals surface area contributed by atoms with Crippen molar-refractivity contribution >= 4 is 34.9 Å². The van der Waals surface area contributed by atoms with Crippen LogP contribution < -0.4 is 20.6 Å². The summed E-state index contributed by atoms with van der Waals surface area (Å²) in [5, 5.41) is 3.85. The van der Waals surface area contributed by atoms with Crippen molar-refractivity contribution in [1.82, 2.24) is 9.80 Å². The molecule has 2 heterocycles. The highest BCUT2D eigenvalue weighted by Crippen LogP contribution is 2.37. The molecule has 4 rings (SSSR count). The van der Waals surface area contributed by atoms with E-state index >= 15 is 0 Å². The fourth-order valence-electron chi connectivity index (χ4n) is 3.48. The second-order valence-electron chi connectivity index (χ2n) is 7.72. The lowest BCUT2D eigenvalue weighted by Gasteiger charge is -2.14. The summed E-state index contributed by atoms with van der Waals surface area (Å²) < 4.78 is 1.57. The van der Waals surface area contributed by atoms with Gasteiger partial charge < -0.3 is 16.0 Å². The molecular weight excluding hydrogens is 406 g/mol. The molecule has 0 atom stereocenters. The summed E-state index contributed by atoms with van der Waals surface area (Å²) in [6.45, 7) is 1.21. The van der Waals surface area contributed by atoms with Crippen molar-refractivity contribution in [2.24, 2.45) is 5.92 Å². The minimum atomic E-state index is -0.322. The van der Waals surface area contributed by atoms with Crippen molar-refractivity contribution in [2.45, 2.75) is 19.4 Å². The molecule has 3 N–H and O–H groups in total. The maximum atomic E-state index is 12.2. The Morgan fingerprint density at radius 1 is 1.27 bits per heavy atom. The molecule has 30 heavy (non-hydrogen) atoms. The van der Waals surface area contributed by atoms with Crippen LogP contribution in [0.5, 0.6) is 0 Å². The molecule has 2 fully saturated rings. The maximum Gasteiger partial charge on any atom is 0.327 e. The first-order valence-electron chi connectivity index (χ1n) is 9.85. The van der Waals surface area contributed by atoms with Crippen LogP contribution in [0.15, 0.2) is 30.5 Å². The maximum absolute atomic E-state index is 12.2. The predicted molar refractivity (Wildman–Crippen MR) is 114 cm³/mol. The minimum absolute atomic E-state index is 0.0540. The van der Waals surface area contributed by atoms with Crippen molar-refractivity contribution in [1.29, 1.82) is 0 Å². The van der Waals surface area contributed by atoms with Crippen LogP contribution in [0.2, 0.25) is 5.02 Å². The van der Waals surface area contributed by atoms with E-state index in [9.17, 15) is 9.59 Å². The normalized spacial score (nSPS) is 16.4. The number of aromatic nitrogens is 1. The third-order valence-corrected chi connectivity index (χ3v) is 5.98. The lowest BCUT2D eigenvalue weighted by atomic mass is 10.1. The van der Waals surface area contributed by atoms with E-state index in [0.717, 1.165) is 39.9 Å². The zero-order valence-corrected chi connectivity index (χ0v) is 17.8. The van der Waals surface area contributed by atoms with Crippen LogP contribution in [0.4, 0.5) is 16.2 Å². The number of carbonyl (C=O) groups is 2. The number of likely N-dealkylation sites (N-methyl/N-ethyl adjacent to an activating group) is 1. The molecule has 9 heteroatoms. The number of anilines is 2. The standard InChI is InChI=1S/C21H25ClN5O3/c1-25-18(28)12-26(21(25)29)11-15-6-5-14(10-27(15)30-2)16-7-8-17(20(23)19(16)22)24-9-13-3-4-13/h5-8,10,13,24H,3-4,9,11-12,23H2,1-2H3/q+1. The van der Waals surface area contributed by atoms with Gasteiger partial charge in [-0.15, -0.1) is 0 Å². The van der Waals surface area contributed by atoms with E-state index in [2.05, 4.69) is 5.32 Å². The van der Waals surface area contributed by atoms with Crippen LogP contribution in [0, 0.1) is 5.92 Å². The summed E-state index contributed by atoms with van der Waals surface area (Å²) in [6, 6.07) is 7.29. The molecule has 1 saturated heterocycles. The van der Waals surface area contributed by atoms with E-state index in [1.54, 1.807) is 10.9 Å². The molecule has 0 unspecified atom stereocenters.